The van der Waals surface area contributed by atoms with Crippen LogP contribution in [0, 0.1) is 41.7 Å². The second kappa shape index (κ2) is 25.5. The summed E-state index contributed by atoms with van der Waals surface area (Å²) in [7, 11) is 0. The molecule has 0 bridgehead atoms. The first-order valence-corrected chi connectivity index (χ1v) is 39.1. The van der Waals surface area contributed by atoms with Gasteiger partial charge in [-0.05, 0) is 240 Å². The third-order valence-corrected chi connectivity index (χ3v) is 24.3. The van der Waals surface area contributed by atoms with Crippen molar-refractivity contribution >= 4 is 64.6 Å². The monoisotopic (exact) mass is 1410 g/mol. The second-order valence-corrected chi connectivity index (χ2v) is 30.1. The summed E-state index contributed by atoms with van der Waals surface area (Å²) in [5, 5.41) is 25.0. The van der Waals surface area contributed by atoms with Gasteiger partial charge in [0.05, 0.1) is 0 Å². The summed E-state index contributed by atoms with van der Waals surface area (Å²) in [4.78, 5) is 0. The number of rotatable bonds is 12. The summed E-state index contributed by atoms with van der Waals surface area (Å²) in [6.07, 6.45) is 0. The Morgan fingerprint density at radius 2 is 0.259 bits per heavy atom. The fourth-order valence-corrected chi connectivity index (χ4v) is 19.9. The normalized spacial score (nSPS) is 11.9. The second-order valence-electron chi connectivity index (χ2n) is 30.1. The number of hydrogen-bond acceptors (Lipinski definition) is 0. The standard InChI is InChI=1S/C112H68/c1-9-33-69(34-10-1)77-53-29-54-78(70-35-11-2-12-36-70)97(77)105-85-49-25-26-50-86(85)106(98-79(71-37-13-3-14-38-71)55-30-56-80(98)72-39-15-4-16-40-72)110-94-66-62-90-92-64-68-96-104-95(67-63-91(102(92)104)89-61-65-93(109(105)110)103(94)101(89)90)111-107(99-81(73-41-17-5-18-42-73)57-31-58-82(99)74-43-19-6-20-44-74)87-51-27-28-52-88(87)108(112(96)111)100-83(75-45-21-7-22-46-75)59-32-60-84(100)76-47-23-8-24-48-76/h1-68H. The lowest BCUT2D eigenvalue weighted by atomic mass is 9.80. The van der Waals surface area contributed by atoms with Crippen molar-refractivity contribution in [2.75, 3.05) is 0 Å². The molecule has 516 valence electrons. The molecule has 0 heteroatoms. The molecule has 0 nitrogen and oxygen atoms in total. The van der Waals surface area contributed by atoms with E-state index in [1.165, 1.54) is 240 Å². The van der Waals surface area contributed by atoms with Crippen LogP contribution in [0.4, 0.5) is 0 Å². The summed E-state index contributed by atoms with van der Waals surface area (Å²) < 4.78 is 0. The predicted octanol–water partition coefficient (Wildman–Crippen LogP) is 29.8. The van der Waals surface area contributed by atoms with Gasteiger partial charge >= 0.3 is 0 Å². The van der Waals surface area contributed by atoms with Gasteiger partial charge in [-0.25, -0.2) is 0 Å². The van der Waals surface area contributed by atoms with Crippen molar-refractivity contribution in [3.63, 3.8) is 0 Å². The van der Waals surface area contributed by atoms with Crippen molar-refractivity contribution in [3.8, 4) is 134 Å². The molecular formula is C112H68. The molecule has 0 unspecified atom stereocenters. The van der Waals surface area contributed by atoms with E-state index < -0.39 is 0 Å². The number of benzene rings is 21. The van der Waals surface area contributed by atoms with Crippen LogP contribution < -0.4 is 0 Å². The summed E-state index contributed by atoms with van der Waals surface area (Å²) in [6.45, 7) is 0. The van der Waals surface area contributed by atoms with E-state index in [-0.39, 0.29) is 0 Å². The molecule has 0 fully saturated rings. The maximum Gasteiger partial charge on any atom is -0.000695 e. The zero-order valence-electron chi connectivity index (χ0n) is 61.3. The summed E-state index contributed by atoms with van der Waals surface area (Å²) in [6, 6.07) is 156. The predicted molar refractivity (Wildman–Crippen MR) is 471 cm³/mol. The van der Waals surface area contributed by atoms with Gasteiger partial charge in [0, 0.05) is 0 Å². The van der Waals surface area contributed by atoms with Crippen molar-refractivity contribution in [2.24, 2.45) is 0 Å². The van der Waals surface area contributed by atoms with Gasteiger partial charge in [-0.3, -0.25) is 0 Å². The lowest BCUT2D eigenvalue weighted by Gasteiger charge is -2.23. The van der Waals surface area contributed by atoms with Gasteiger partial charge in [0.15, 0.2) is 0 Å². The molecule has 2 aliphatic carbocycles. The highest BCUT2D eigenvalue weighted by Gasteiger charge is 2.31. The van der Waals surface area contributed by atoms with Crippen LogP contribution in [0.1, 0.15) is 0 Å². The molecule has 0 heterocycles. The molecule has 0 spiro atoms. The highest BCUT2D eigenvalue weighted by molar-refractivity contribution is 6.34. The molecule has 0 aliphatic heterocycles. The minimum Gasteiger partial charge on any atom is -0.0622 e. The Hall–Kier alpha value is -14.6. The highest BCUT2D eigenvalue weighted by Crippen LogP contribution is 2.56. The fraction of sp³-hybridized carbons (Fsp3) is 0. The van der Waals surface area contributed by atoms with Crippen LogP contribution in [0.5, 0.6) is 0 Å². The topological polar surface area (TPSA) is 0 Å². The molecule has 21 aromatic rings. The molecule has 2 aliphatic rings. The van der Waals surface area contributed by atoms with E-state index in [4.69, 9.17) is 0 Å². The van der Waals surface area contributed by atoms with Crippen LogP contribution in [-0.2, 0) is 0 Å². The summed E-state index contributed by atoms with van der Waals surface area (Å²) >= 11 is 0. The van der Waals surface area contributed by atoms with E-state index in [0.717, 1.165) is 0 Å². The Bertz CT molecular complexity index is 6740. The molecule has 0 atom stereocenters. The molecule has 23 rings (SSSR count). The first-order valence-electron chi connectivity index (χ1n) is 39.1. The van der Waals surface area contributed by atoms with Crippen molar-refractivity contribution in [3.05, 3.63) is 454 Å². The SMILES string of the molecule is c1ccc(-c2cccc(-c3ccccc3)c2-c2c3c(c(-c4c(-c5ccccc5)cccc4-c4ccccc4)c4ccccc24)=c2ccc4c5ccc6c7c(ccc(c8ccc=3c2c84)c75)=c2c(-c3c(-c4ccccc4)cccc3-c3ccccc3)c3ccccc3c(-c3c(-c4ccccc4)cccc3-c3ccccc3)c2=6)cc1. The molecule has 0 saturated carbocycles. The Kier molecular flexibility index (Phi) is 14.5. The van der Waals surface area contributed by atoms with Gasteiger partial charge in [-0.1, -0.05) is 413 Å². The molecule has 21 aromatic carbocycles. The maximum absolute atomic E-state index is 2.52. The smallest absolute Gasteiger partial charge is 0.000695 e. The quantitative estimate of drug-likeness (QED) is 0.0845. The Morgan fingerprint density at radius 1 is 0.0982 bits per heavy atom. The van der Waals surface area contributed by atoms with Crippen molar-refractivity contribution in [1.82, 2.24) is 0 Å². The largest absolute Gasteiger partial charge is 0.0622 e. The van der Waals surface area contributed by atoms with Crippen molar-refractivity contribution < 1.29 is 0 Å². The fourth-order valence-electron chi connectivity index (χ4n) is 19.9. The molecule has 0 saturated heterocycles. The van der Waals surface area contributed by atoms with Crippen LogP contribution >= 0.6 is 0 Å². The molecule has 0 N–H and O–H groups in total. The van der Waals surface area contributed by atoms with E-state index in [1.54, 1.807) is 0 Å². The average Bonchev–Trinajstić information content (AvgIpc) is 1.50. The number of fused-ring (bicyclic) bond motifs is 6. The molecule has 0 amide bonds. The minimum absolute atomic E-state index is 1.18. The summed E-state index contributed by atoms with van der Waals surface area (Å²) in [5.41, 5.74) is 28.8. The average molecular weight is 1410 g/mol. The van der Waals surface area contributed by atoms with Gasteiger partial charge < -0.3 is 0 Å². The molecule has 0 radical (unpaired) electrons. The third kappa shape index (κ3) is 9.49. The first-order chi connectivity index (χ1) is 55.7. The lowest BCUT2D eigenvalue weighted by molar-refractivity contribution is 1.48. The molecular weight excluding hydrogens is 1350 g/mol. The van der Waals surface area contributed by atoms with E-state index in [0.29, 0.717) is 0 Å². The molecule has 112 heavy (non-hydrogen) atoms. The zero-order valence-corrected chi connectivity index (χ0v) is 61.3. The molecule has 0 aromatic heterocycles. The lowest BCUT2D eigenvalue weighted by Crippen LogP contribution is -1.98. The maximum atomic E-state index is 2.52. The van der Waals surface area contributed by atoms with Crippen LogP contribution in [-0.4, -0.2) is 0 Å². The van der Waals surface area contributed by atoms with E-state index in [1.807, 2.05) is 0 Å². The Balaban J connectivity index is 0.931. The van der Waals surface area contributed by atoms with Crippen LogP contribution in [0.2, 0.25) is 0 Å². The Labute approximate surface area is 648 Å². The van der Waals surface area contributed by atoms with E-state index in [9.17, 15) is 0 Å². The minimum atomic E-state index is 1.18. The zero-order chi connectivity index (χ0) is 73.5. The van der Waals surface area contributed by atoms with E-state index >= 15 is 0 Å². The highest BCUT2D eigenvalue weighted by atomic mass is 14.3. The first kappa shape index (κ1) is 63.5. The number of hydrogen-bond donors (Lipinski definition) is 0. The van der Waals surface area contributed by atoms with Gasteiger partial charge in [-0.2, -0.15) is 0 Å². The van der Waals surface area contributed by atoms with Crippen LogP contribution in [0.3, 0.4) is 0 Å². The summed E-state index contributed by atoms with van der Waals surface area (Å²) in [5.74, 6) is 0. The van der Waals surface area contributed by atoms with Gasteiger partial charge in [0.25, 0.3) is 0 Å². The van der Waals surface area contributed by atoms with E-state index in [2.05, 4.69) is 413 Å². The van der Waals surface area contributed by atoms with Gasteiger partial charge in [0.2, 0.25) is 0 Å². The third-order valence-electron chi connectivity index (χ3n) is 24.3. The van der Waals surface area contributed by atoms with Gasteiger partial charge in [-0.15, -0.1) is 0 Å². The van der Waals surface area contributed by atoms with Gasteiger partial charge in [0.1, 0.15) is 0 Å². The van der Waals surface area contributed by atoms with Crippen molar-refractivity contribution in [1.29, 1.82) is 0 Å². The van der Waals surface area contributed by atoms with Crippen LogP contribution in [0.15, 0.2) is 413 Å². The van der Waals surface area contributed by atoms with Crippen LogP contribution in [0.25, 0.3) is 198 Å². The van der Waals surface area contributed by atoms with Crippen molar-refractivity contribution in [2.45, 2.75) is 0 Å². The Morgan fingerprint density at radius 3 is 0.429 bits per heavy atom.